The van der Waals surface area contributed by atoms with Crippen LogP contribution in [-0.4, -0.2) is 35.4 Å². The molecule has 0 aliphatic carbocycles. The van der Waals surface area contributed by atoms with E-state index in [0.717, 1.165) is 12.8 Å². The maximum atomic E-state index is 12.2. The smallest absolute Gasteiger partial charge is 0.323 e. The third-order valence-electron chi connectivity index (χ3n) is 4.11. The number of carboxylic acid groups (broad SMARTS) is 1. The fourth-order valence-corrected chi connectivity index (χ4v) is 2.82. The Hall–Kier alpha value is -1.10. The number of aliphatic carboxylic acids is 1. The van der Waals surface area contributed by atoms with Crippen LogP contribution in [-0.2, 0) is 19.1 Å². The van der Waals surface area contributed by atoms with Gasteiger partial charge in [0.1, 0.15) is 0 Å². The van der Waals surface area contributed by atoms with Crippen LogP contribution in [0.1, 0.15) is 53.9 Å². The zero-order chi connectivity index (χ0) is 15.6. The van der Waals surface area contributed by atoms with Crippen LogP contribution < -0.4 is 0 Å². The summed E-state index contributed by atoms with van der Waals surface area (Å²) in [6.45, 7) is 9.30. The second-order valence-electron chi connectivity index (χ2n) is 6.39. The highest BCUT2D eigenvalue weighted by atomic mass is 16.5. The fourth-order valence-electron chi connectivity index (χ4n) is 2.82. The van der Waals surface area contributed by atoms with Crippen molar-refractivity contribution in [1.29, 1.82) is 0 Å². The number of hydrogen-bond donors (Lipinski definition) is 1. The first-order valence-electron chi connectivity index (χ1n) is 7.24. The molecule has 5 nitrogen and oxygen atoms in total. The van der Waals surface area contributed by atoms with Crippen LogP contribution in [0, 0.1) is 11.3 Å². The molecule has 1 fully saturated rings. The minimum atomic E-state index is -1.53. The summed E-state index contributed by atoms with van der Waals surface area (Å²) >= 11 is 0. The summed E-state index contributed by atoms with van der Waals surface area (Å²) < 4.78 is 10.9. The van der Waals surface area contributed by atoms with Gasteiger partial charge in [0.15, 0.2) is 5.41 Å². The second kappa shape index (κ2) is 6.12. The highest BCUT2D eigenvalue weighted by molar-refractivity contribution is 5.99. The number of ether oxygens (including phenoxy) is 2. The van der Waals surface area contributed by atoms with E-state index in [4.69, 9.17) is 9.47 Å². The van der Waals surface area contributed by atoms with Crippen molar-refractivity contribution in [2.45, 2.75) is 65.6 Å². The molecule has 0 radical (unpaired) electrons. The predicted octanol–water partition coefficient (Wildman–Crippen LogP) is 2.62. The molecule has 1 aliphatic rings. The van der Waals surface area contributed by atoms with Crippen molar-refractivity contribution < 1.29 is 24.2 Å². The first-order valence-corrected chi connectivity index (χ1v) is 7.24. The summed E-state index contributed by atoms with van der Waals surface area (Å²) in [5.74, 6) is -2.14. The van der Waals surface area contributed by atoms with Crippen molar-refractivity contribution >= 4 is 11.9 Å². The molecule has 0 amide bonds. The molecular weight excluding hydrogens is 260 g/mol. The summed E-state index contributed by atoms with van der Waals surface area (Å²) in [4.78, 5) is 24.0. The van der Waals surface area contributed by atoms with E-state index < -0.39 is 17.4 Å². The van der Waals surface area contributed by atoms with Crippen molar-refractivity contribution in [2.75, 3.05) is 6.61 Å². The molecule has 1 saturated heterocycles. The van der Waals surface area contributed by atoms with Crippen LogP contribution in [0.3, 0.4) is 0 Å². The minimum Gasteiger partial charge on any atom is -0.480 e. The standard InChI is InChI=1S/C15H26O5/c1-6-19-13(18)15(10(2)3,12(16)17)9-11-7-8-14(4,5)20-11/h10-11H,6-9H2,1-5H3,(H,16,17). The van der Waals surface area contributed by atoms with Crippen molar-refractivity contribution in [3.05, 3.63) is 0 Å². The van der Waals surface area contributed by atoms with Gasteiger partial charge in [-0.25, -0.2) is 0 Å². The average molecular weight is 286 g/mol. The molecular formula is C15H26O5. The summed E-state index contributed by atoms with van der Waals surface area (Å²) in [5.41, 5.74) is -1.78. The quantitative estimate of drug-likeness (QED) is 0.600. The lowest BCUT2D eigenvalue weighted by Gasteiger charge is -2.33. The number of rotatable bonds is 6. The Balaban J connectivity index is 2.99. The monoisotopic (exact) mass is 286 g/mol. The number of carbonyl (C=O) groups is 2. The van der Waals surface area contributed by atoms with Crippen LogP contribution in [0.25, 0.3) is 0 Å². The Labute approximate surface area is 120 Å². The van der Waals surface area contributed by atoms with Gasteiger partial charge in [-0.05, 0) is 39.5 Å². The SMILES string of the molecule is CCOC(=O)C(CC1CCC(C)(C)O1)(C(=O)O)C(C)C. The summed E-state index contributed by atoms with van der Waals surface area (Å²) in [7, 11) is 0. The molecule has 0 saturated carbocycles. The highest BCUT2D eigenvalue weighted by Crippen LogP contribution is 2.41. The van der Waals surface area contributed by atoms with Gasteiger partial charge in [0, 0.05) is 6.42 Å². The third-order valence-corrected chi connectivity index (χ3v) is 4.11. The molecule has 20 heavy (non-hydrogen) atoms. The molecule has 0 aromatic carbocycles. The van der Waals surface area contributed by atoms with Crippen molar-refractivity contribution in [2.24, 2.45) is 11.3 Å². The number of hydrogen-bond acceptors (Lipinski definition) is 4. The van der Waals surface area contributed by atoms with E-state index >= 15 is 0 Å². The molecule has 5 heteroatoms. The van der Waals surface area contributed by atoms with E-state index in [2.05, 4.69) is 0 Å². The molecule has 1 rings (SSSR count). The molecule has 0 spiro atoms. The average Bonchev–Trinajstić information content (AvgIpc) is 2.64. The highest BCUT2D eigenvalue weighted by Gasteiger charge is 2.53. The minimum absolute atomic E-state index is 0.169. The largest absolute Gasteiger partial charge is 0.480 e. The number of esters is 1. The van der Waals surface area contributed by atoms with Gasteiger partial charge in [-0.2, -0.15) is 0 Å². The van der Waals surface area contributed by atoms with Gasteiger partial charge in [-0.15, -0.1) is 0 Å². The molecule has 1 aliphatic heterocycles. The lowest BCUT2D eigenvalue weighted by Crippen LogP contribution is -2.47. The van der Waals surface area contributed by atoms with Gasteiger partial charge in [-0.3, -0.25) is 9.59 Å². The van der Waals surface area contributed by atoms with Gasteiger partial charge in [-0.1, -0.05) is 13.8 Å². The third kappa shape index (κ3) is 3.32. The predicted molar refractivity (Wildman–Crippen MR) is 74.3 cm³/mol. The molecule has 1 N–H and O–H groups in total. The van der Waals surface area contributed by atoms with Crippen molar-refractivity contribution in [3.8, 4) is 0 Å². The van der Waals surface area contributed by atoms with Crippen LogP contribution in [0.5, 0.6) is 0 Å². The van der Waals surface area contributed by atoms with Crippen molar-refractivity contribution in [1.82, 2.24) is 0 Å². The number of carboxylic acids is 1. The van der Waals surface area contributed by atoms with E-state index in [-0.39, 0.29) is 30.7 Å². The maximum Gasteiger partial charge on any atom is 0.323 e. The van der Waals surface area contributed by atoms with Gasteiger partial charge in [0.05, 0.1) is 18.3 Å². The molecule has 2 atom stereocenters. The normalized spacial score (nSPS) is 24.4. The zero-order valence-electron chi connectivity index (χ0n) is 13.1. The Morgan fingerprint density at radius 3 is 2.40 bits per heavy atom. The van der Waals surface area contributed by atoms with E-state index in [9.17, 15) is 14.7 Å². The van der Waals surface area contributed by atoms with E-state index in [0.29, 0.717) is 0 Å². The zero-order valence-corrected chi connectivity index (χ0v) is 13.1. The van der Waals surface area contributed by atoms with Crippen LogP contribution in [0.4, 0.5) is 0 Å². The second-order valence-corrected chi connectivity index (χ2v) is 6.39. The molecule has 0 aromatic heterocycles. The van der Waals surface area contributed by atoms with E-state index in [1.807, 2.05) is 13.8 Å². The van der Waals surface area contributed by atoms with Crippen LogP contribution in [0.15, 0.2) is 0 Å². The fraction of sp³-hybridized carbons (Fsp3) is 0.867. The lowest BCUT2D eigenvalue weighted by molar-refractivity contribution is -0.176. The maximum absolute atomic E-state index is 12.2. The molecule has 0 aromatic rings. The summed E-state index contributed by atoms with van der Waals surface area (Å²) in [6, 6.07) is 0. The first kappa shape index (κ1) is 17.0. The Morgan fingerprint density at radius 2 is 2.05 bits per heavy atom. The lowest BCUT2D eigenvalue weighted by atomic mass is 9.72. The van der Waals surface area contributed by atoms with E-state index in [1.54, 1.807) is 20.8 Å². The topological polar surface area (TPSA) is 72.8 Å². The van der Waals surface area contributed by atoms with Crippen molar-refractivity contribution in [3.63, 3.8) is 0 Å². The van der Waals surface area contributed by atoms with Gasteiger partial charge >= 0.3 is 11.9 Å². The van der Waals surface area contributed by atoms with E-state index in [1.165, 1.54) is 0 Å². The molecule has 1 heterocycles. The Morgan fingerprint density at radius 1 is 1.45 bits per heavy atom. The summed E-state index contributed by atoms with van der Waals surface area (Å²) in [6.07, 6.45) is 1.60. The van der Waals surface area contributed by atoms with Gasteiger partial charge < -0.3 is 14.6 Å². The van der Waals surface area contributed by atoms with Gasteiger partial charge in [0.25, 0.3) is 0 Å². The molecule has 2 unspecified atom stereocenters. The first-order chi connectivity index (χ1) is 9.15. The van der Waals surface area contributed by atoms with Gasteiger partial charge in [0.2, 0.25) is 0 Å². The Kier molecular flexibility index (Phi) is 5.19. The molecule has 116 valence electrons. The summed E-state index contributed by atoms with van der Waals surface area (Å²) in [5, 5.41) is 9.63. The van der Waals surface area contributed by atoms with Crippen LogP contribution in [0.2, 0.25) is 0 Å². The molecule has 0 bridgehead atoms. The Bertz CT molecular complexity index is 374. The van der Waals surface area contributed by atoms with Crippen LogP contribution >= 0.6 is 0 Å². The number of carbonyl (C=O) groups excluding carboxylic acids is 1.